The summed E-state index contributed by atoms with van der Waals surface area (Å²) in [4.78, 5) is 27.0. The highest BCUT2D eigenvalue weighted by Crippen LogP contribution is 2.31. The number of carbonyl (C=O) groups excluding carboxylic acids is 1. The van der Waals surface area contributed by atoms with Gasteiger partial charge in [0.15, 0.2) is 0 Å². The molecule has 12 heteroatoms. The van der Waals surface area contributed by atoms with Gasteiger partial charge in [0.25, 0.3) is 11.4 Å². The molecule has 0 atom stereocenters. The Morgan fingerprint density at radius 3 is 2.71 bits per heavy atom. The number of nitrogens with zero attached hydrogens (tertiary/aromatic N) is 5. The predicted molar refractivity (Wildman–Crippen MR) is 90.8 cm³/mol. The van der Waals surface area contributed by atoms with Crippen LogP contribution in [0.1, 0.15) is 13.9 Å². The highest BCUT2D eigenvalue weighted by atomic mass is 19.4. The lowest BCUT2D eigenvalue weighted by Gasteiger charge is -2.06. The first kappa shape index (κ1) is 19.2. The molecule has 1 N–H and O–H groups in total. The van der Waals surface area contributed by atoms with Crippen LogP contribution in [0.4, 0.5) is 13.2 Å². The van der Waals surface area contributed by atoms with Crippen molar-refractivity contribution in [3.63, 3.8) is 0 Å². The second-order valence-electron chi connectivity index (χ2n) is 5.54. The normalized spacial score (nSPS) is 11.4. The summed E-state index contributed by atoms with van der Waals surface area (Å²) in [5.74, 6) is -0.732. The van der Waals surface area contributed by atoms with Gasteiger partial charge >= 0.3 is 6.18 Å². The van der Waals surface area contributed by atoms with Gasteiger partial charge in [0.1, 0.15) is 12.2 Å². The minimum absolute atomic E-state index is 0. The molecule has 0 saturated carbocycles. The van der Waals surface area contributed by atoms with Crippen LogP contribution in [0.2, 0.25) is 0 Å². The standard InChI is InChI=1S/C16H13F3N6O3.H2/c1-2-21-12(26)8-25-13(27)4-3-11(24-25)15-23-22-14(28-15)9-5-10(7-20-6-9)16(17,18)19;/h3-7H,2,8H2,1H3,(H,21,26);1H. The number of hydrogen-bond acceptors (Lipinski definition) is 7. The number of likely N-dealkylation sites (N-methyl/N-ethyl adjacent to an activating group) is 1. The molecule has 0 saturated heterocycles. The van der Waals surface area contributed by atoms with Gasteiger partial charge in [-0.15, -0.1) is 10.2 Å². The Balaban J connectivity index is 0.00000300. The molecule has 3 rings (SSSR count). The zero-order chi connectivity index (χ0) is 20.3. The van der Waals surface area contributed by atoms with E-state index < -0.39 is 23.2 Å². The van der Waals surface area contributed by atoms with Gasteiger partial charge in [-0.05, 0) is 19.1 Å². The molecule has 148 valence electrons. The van der Waals surface area contributed by atoms with Crippen LogP contribution in [0.5, 0.6) is 0 Å². The molecular formula is C16H15F3N6O3. The monoisotopic (exact) mass is 396 g/mol. The largest absolute Gasteiger partial charge is 0.417 e. The fraction of sp³-hybridized carbons (Fsp3) is 0.250. The van der Waals surface area contributed by atoms with Crippen molar-refractivity contribution in [2.24, 2.45) is 0 Å². The first-order valence-electron chi connectivity index (χ1n) is 7.99. The van der Waals surface area contributed by atoms with E-state index >= 15 is 0 Å². The summed E-state index contributed by atoms with van der Waals surface area (Å²) in [7, 11) is 0. The van der Waals surface area contributed by atoms with Crippen LogP contribution in [-0.2, 0) is 17.5 Å². The van der Waals surface area contributed by atoms with Crippen molar-refractivity contribution < 1.29 is 23.8 Å². The number of aromatic nitrogens is 5. The molecule has 3 aromatic rings. The van der Waals surface area contributed by atoms with Gasteiger partial charge in [-0.3, -0.25) is 14.6 Å². The van der Waals surface area contributed by atoms with E-state index in [1.54, 1.807) is 6.92 Å². The van der Waals surface area contributed by atoms with Gasteiger partial charge in [0, 0.05) is 26.4 Å². The number of nitrogens with one attached hydrogen (secondary N) is 1. The fourth-order valence-electron chi connectivity index (χ4n) is 2.22. The van der Waals surface area contributed by atoms with Crippen molar-refractivity contribution in [1.82, 2.24) is 30.3 Å². The number of rotatable bonds is 5. The van der Waals surface area contributed by atoms with Crippen LogP contribution in [0.25, 0.3) is 23.0 Å². The van der Waals surface area contributed by atoms with Crippen molar-refractivity contribution in [3.05, 3.63) is 46.5 Å². The summed E-state index contributed by atoms with van der Waals surface area (Å²) in [6.45, 7) is 1.82. The molecule has 0 aromatic carbocycles. The lowest BCUT2D eigenvalue weighted by atomic mass is 10.2. The van der Waals surface area contributed by atoms with Crippen LogP contribution in [0.3, 0.4) is 0 Å². The number of carbonyl (C=O) groups is 1. The summed E-state index contributed by atoms with van der Waals surface area (Å²) in [5, 5.41) is 13.9. The highest BCUT2D eigenvalue weighted by molar-refractivity contribution is 5.75. The number of amides is 1. The third-order valence-corrected chi connectivity index (χ3v) is 3.49. The van der Waals surface area contributed by atoms with Crippen molar-refractivity contribution in [3.8, 4) is 23.0 Å². The second kappa shape index (κ2) is 7.58. The van der Waals surface area contributed by atoms with Crippen LogP contribution in [0.15, 0.2) is 39.8 Å². The average molecular weight is 396 g/mol. The van der Waals surface area contributed by atoms with Gasteiger partial charge in [0.05, 0.1) is 11.1 Å². The van der Waals surface area contributed by atoms with Gasteiger partial charge in [0.2, 0.25) is 11.8 Å². The van der Waals surface area contributed by atoms with Crippen molar-refractivity contribution >= 4 is 5.91 Å². The summed E-state index contributed by atoms with van der Waals surface area (Å²) < 4.78 is 44.7. The summed E-state index contributed by atoms with van der Waals surface area (Å²) in [6, 6.07) is 3.29. The number of alkyl halides is 3. The average Bonchev–Trinajstić information content (AvgIpc) is 3.13. The second-order valence-corrected chi connectivity index (χ2v) is 5.54. The van der Waals surface area contributed by atoms with Crippen LogP contribution < -0.4 is 10.9 Å². The van der Waals surface area contributed by atoms with E-state index in [1.807, 2.05) is 0 Å². The molecule has 0 fully saturated rings. The van der Waals surface area contributed by atoms with Crippen LogP contribution in [0, 0.1) is 0 Å². The molecule has 0 aliphatic carbocycles. The van der Waals surface area contributed by atoms with Gasteiger partial charge in [-0.25, -0.2) is 4.68 Å². The Morgan fingerprint density at radius 1 is 1.25 bits per heavy atom. The Kier molecular flexibility index (Phi) is 5.20. The first-order valence-corrected chi connectivity index (χ1v) is 7.99. The molecule has 0 radical (unpaired) electrons. The van der Waals surface area contributed by atoms with Crippen LogP contribution >= 0.6 is 0 Å². The van der Waals surface area contributed by atoms with Crippen molar-refractivity contribution in [1.29, 1.82) is 0 Å². The Labute approximate surface area is 156 Å². The minimum atomic E-state index is -4.57. The third-order valence-electron chi connectivity index (χ3n) is 3.49. The molecule has 28 heavy (non-hydrogen) atoms. The van der Waals surface area contributed by atoms with E-state index in [0.29, 0.717) is 12.7 Å². The lowest BCUT2D eigenvalue weighted by molar-refractivity contribution is -0.137. The minimum Gasteiger partial charge on any atom is -0.414 e. The molecule has 1 amide bonds. The smallest absolute Gasteiger partial charge is 0.414 e. The molecule has 0 bridgehead atoms. The van der Waals surface area contributed by atoms with E-state index in [9.17, 15) is 22.8 Å². The molecule has 3 heterocycles. The summed E-state index contributed by atoms with van der Waals surface area (Å²) in [5.41, 5.74) is -1.41. The predicted octanol–water partition coefficient (Wildman–Crippen LogP) is 1.76. The molecule has 0 spiro atoms. The van der Waals surface area contributed by atoms with E-state index in [1.165, 1.54) is 6.07 Å². The fourth-order valence-corrected chi connectivity index (χ4v) is 2.22. The van der Waals surface area contributed by atoms with E-state index in [-0.39, 0.29) is 31.0 Å². The Hall–Kier alpha value is -3.57. The maximum atomic E-state index is 12.8. The molecule has 0 aliphatic heterocycles. The summed E-state index contributed by atoms with van der Waals surface area (Å²) in [6.07, 6.45) is -2.74. The van der Waals surface area contributed by atoms with Gasteiger partial charge < -0.3 is 9.73 Å². The van der Waals surface area contributed by atoms with E-state index in [0.717, 1.165) is 23.0 Å². The zero-order valence-corrected chi connectivity index (χ0v) is 14.4. The quantitative estimate of drug-likeness (QED) is 0.698. The first-order chi connectivity index (χ1) is 13.3. The molecule has 0 aliphatic rings. The third kappa shape index (κ3) is 4.22. The highest BCUT2D eigenvalue weighted by Gasteiger charge is 2.31. The molecular weight excluding hydrogens is 381 g/mol. The Bertz CT molecular complexity index is 1070. The maximum absolute atomic E-state index is 12.8. The maximum Gasteiger partial charge on any atom is 0.417 e. The number of hydrogen-bond donors (Lipinski definition) is 1. The van der Waals surface area contributed by atoms with E-state index in [2.05, 4.69) is 25.6 Å². The van der Waals surface area contributed by atoms with Crippen molar-refractivity contribution in [2.45, 2.75) is 19.6 Å². The van der Waals surface area contributed by atoms with Gasteiger partial charge in [-0.1, -0.05) is 0 Å². The lowest BCUT2D eigenvalue weighted by Crippen LogP contribution is -2.33. The molecule has 9 nitrogen and oxygen atoms in total. The topological polar surface area (TPSA) is 116 Å². The zero-order valence-electron chi connectivity index (χ0n) is 14.4. The molecule has 3 aromatic heterocycles. The van der Waals surface area contributed by atoms with E-state index in [4.69, 9.17) is 4.42 Å². The van der Waals surface area contributed by atoms with Crippen LogP contribution in [-0.4, -0.2) is 37.4 Å². The number of halogens is 3. The van der Waals surface area contributed by atoms with Gasteiger partial charge in [-0.2, -0.15) is 18.3 Å². The van der Waals surface area contributed by atoms with Crippen molar-refractivity contribution in [2.75, 3.05) is 6.54 Å². The number of pyridine rings is 1. The Morgan fingerprint density at radius 2 is 2.00 bits per heavy atom. The SMILES string of the molecule is CCNC(=O)Cn1nc(-c2nnc(-c3cncc(C(F)(F)F)c3)o2)ccc1=O.[HH]. The molecule has 0 unspecified atom stereocenters. The summed E-state index contributed by atoms with van der Waals surface area (Å²) >= 11 is 0.